The van der Waals surface area contributed by atoms with E-state index < -0.39 is 0 Å². The first kappa shape index (κ1) is 16.8. The lowest BCUT2D eigenvalue weighted by molar-refractivity contribution is -0.116. The van der Waals surface area contributed by atoms with Gasteiger partial charge in [-0.2, -0.15) is 5.10 Å². The number of nitrogens with one attached hydrogen (secondary N) is 2. The van der Waals surface area contributed by atoms with Crippen LogP contribution >= 0.6 is 11.6 Å². The second kappa shape index (κ2) is 6.61. The number of aromatic nitrogens is 4. The van der Waals surface area contributed by atoms with Crippen molar-refractivity contribution in [1.29, 1.82) is 0 Å². The summed E-state index contributed by atoms with van der Waals surface area (Å²) < 4.78 is 1.79. The molecule has 0 radical (unpaired) electrons. The zero-order valence-electron chi connectivity index (χ0n) is 14.7. The number of hydrogen-bond donors (Lipinski definition) is 2. The van der Waals surface area contributed by atoms with Crippen molar-refractivity contribution in [2.45, 2.75) is 39.2 Å². The fraction of sp³-hybridized carbons (Fsp3) is 0.316. The summed E-state index contributed by atoms with van der Waals surface area (Å²) in [7, 11) is 0. The molecule has 7 heteroatoms. The highest BCUT2D eigenvalue weighted by molar-refractivity contribution is 6.31. The molecule has 1 amide bonds. The van der Waals surface area contributed by atoms with Gasteiger partial charge in [0.15, 0.2) is 0 Å². The molecule has 134 valence electrons. The topological polar surface area (TPSA) is 75.6 Å². The number of fused-ring (bicyclic) bond motifs is 1. The van der Waals surface area contributed by atoms with E-state index in [1.165, 1.54) is 0 Å². The van der Waals surface area contributed by atoms with Crippen LogP contribution in [0.15, 0.2) is 30.5 Å². The number of carbonyl (C=O) groups is 1. The van der Waals surface area contributed by atoms with Crippen LogP contribution in [0.5, 0.6) is 0 Å². The van der Waals surface area contributed by atoms with Crippen LogP contribution in [0.25, 0.3) is 0 Å². The van der Waals surface area contributed by atoms with E-state index in [4.69, 9.17) is 16.6 Å². The number of anilines is 1. The van der Waals surface area contributed by atoms with Crippen LogP contribution < -0.4 is 5.32 Å². The molecule has 26 heavy (non-hydrogen) atoms. The van der Waals surface area contributed by atoms with Crippen molar-refractivity contribution in [1.82, 2.24) is 19.7 Å². The van der Waals surface area contributed by atoms with E-state index >= 15 is 0 Å². The summed E-state index contributed by atoms with van der Waals surface area (Å²) in [5.74, 6) is 1.55. The highest BCUT2D eigenvalue weighted by atomic mass is 35.5. The van der Waals surface area contributed by atoms with Crippen LogP contribution in [0.1, 0.15) is 47.6 Å². The molecular weight excluding hydrogens is 350 g/mol. The fourth-order valence-corrected chi connectivity index (χ4v) is 3.66. The fourth-order valence-electron chi connectivity index (χ4n) is 3.47. The van der Waals surface area contributed by atoms with Gasteiger partial charge in [0.25, 0.3) is 0 Å². The highest BCUT2D eigenvalue weighted by Crippen LogP contribution is 2.37. The van der Waals surface area contributed by atoms with Crippen LogP contribution in [-0.2, 0) is 17.8 Å². The van der Waals surface area contributed by atoms with E-state index in [1.54, 1.807) is 4.68 Å². The third-order valence-corrected chi connectivity index (χ3v) is 5.17. The normalized spacial score (nSPS) is 16.4. The Labute approximate surface area is 156 Å². The van der Waals surface area contributed by atoms with Gasteiger partial charge in [0, 0.05) is 35.0 Å². The van der Waals surface area contributed by atoms with Gasteiger partial charge in [0.1, 0.15) is 11.6 Å². The molecule has 2 aromatic heterocycles. The first-order valence-electron chi connectivity index (χ1n) is 8.71. The number of imidazole rings is 1. The van der Waals surface area contributed by atoms with Gasteiger partial charge in [-0.05, 0) is 18.6 Å². The summed E-state index contributed by atoms with van der Waals surface area (Å²) in [5, 5.41) is 8.16. The average molecular weight is 370 g/mol. The van der Waals surface area contributed by atoms with Gasteiger partial charge < -0.3 is 10.3 Å². The van der Waals surface area contributed by atoms with E-state index in [-0.39, 0.29) is 11.8 Å². The first-order valence-corrected chi connectivity index (χ1v) is 9.09. The molecule has 1 aromatic carbocycles. The maximum Gasteiger partial charge on any atom is 0.226 e. The maximum atomic E-state index is 12.4. The van der Waals surface area contributed by atoms with Crippen LogP contribution in [0.2, 0.25) is 5.02 Å². The van der Waals surface area contributed by atoms with Crippen molar-refractivity contribution in [3.63, 3.8) is 0 Å². The Balaban J connectivity index is 1.73. The number of amides is 1. The van der Waals surface area contributed by atoms with Gasteiger partial charge in [-0.25, -0.2) is 9.67 Å². The number of H-pyrrole nitrogens is 1. The second-order valence-corrected chi connectivity index (χ2v) is 6.96. The predicted octanol–water partition coefficient (Wildman–Crippen LogP) is 3.65. The molecule has 0 bridgehead atoms. The Morgan fingerprint density at radius 3 is 2.88 bits per heavy atom. The van der Waals surface area contributed by atoms with Crippen molar-refractivity contribution in [2.24, 2.45) is 0 Å². The summed E-state index contributed by atoms with van der Waals surface area (Å²) >= 11 is 6.27. The summed E-state index contributed by atoms with van der Waals surface area (Å²) in [4.78, 5) is 20.4. The minimum atomic E-state index is -0.0877. The number of aromatic amines is 1. The number of nitrogens with zero attached hydrogens (tertiary/aromatic N) is 3. The molecule has 0 spiro atoms. The quantitative estimate of drug-likeness (QED) is 0.737. The molecule has 4 rings (SSSR count). The molecule has 3 heterocycles. The molecule has 1 atom stereocenters. The maximum absolute atomic E-state index is 12.4. The molecule has 0 fully saturated rings. The van der Waals surface area contributed by atoms with E-state index in [0.29, 0.717) is 18.0 Å². The Hall–Kier alpha value is -2.60. The molecule has 0 unspecified atom stereocenters. The first-order chi connectivity index (χ1) is 12.6. The Kier molecular flexibility index (Phi) is 4.28. The van der Waals surface area contributed by atoms with E-state index in [2.05, 4.69) is 22.3 Å². The predicted molar refractivity (Wildman–Crippen MR) is 101 cm³/mol. The molecule has 0 saturated carbocycles. The van der Waals surface area contributed by atoms with E-state index in [0.717, 1.165) is 40.6 Å². The molecule has 1 aliphatic heterocycles. The Morgan fingerprint density at radius 1 is 1.35 bits per heavy atom. The Morgan fingerprint density at radius 2 is 2.15 bits per heavy atom. The number of hydrogen-bond acceptors (Lipinski definition) is 3. The van der Waals surface area contributed by atoms with Gasteiger partial charge in [-0.15, -0.1) is 0 Å². The van der Waals surface area contributed by atoms with Gasteiger partial charge in [-0.1, -0.05) is 36.7 Å². The minimum Gasteiger partial charge on any atom is -0.346 e. The highest BCUT2D eigenvalue weighted by Gasteiger charge is 2.32. The number of rotatable bonds is 4. The monoisotopic (exact) mass is 369 g/mol. The standard InChI is InChI=1S/C19H20ClN5O/c1-3-16-22-11(2)18(23-16)13-8-17(26)24-19-14(13)9-21-25(19)10-12-6-4-5-7-15(12)20/h4-7,9,13H,3,8,10H2,1-2H3,(H,22,23)(H,24,26)/t13-/m0/s1. The van der Waals surface area contributed by atoms with Crippen molar-refractivity contribution >= 4 is 23.3 Å². The van der Waals surface area contributed by atoms with Gasteiger partial charge in [0.2, 0.25) is 5.91 Å². The SMILES string of the molecule is CCc1nc([C@H]2CC(=O)Nc3c2cnn3Cc2ccccc2Cl)c(C)[nH]1. The smallest absolute Gasteiger partial charge is 0.226 e. The minimum absolute atomic E-state index is 0.0242. The number of halogens is 1. The van der Waals surface area contributed by atoms with E-state index in [9.17, 15) is 4.79 Å². The van der Waals surface area contributed by atoms with Crippen LogP contribution in [-0.4, -0.2) is 25.7 Å². The zero-order valence-corrected chi connectivity index (χ0v) is 15.5. The number of benzene rings is 1. The average Bonchev–Trinajstić information content (AvgIpc) is 3.20. The third kappa shape index (κ3) is 2.90. The Bertz CT molecular complexity index is 974. The van der Waals surface area contributed by atoms with Crippen LogP contribution in [0, 0.1) is 6.92 Å². The zero-order chi connectivity index (χ0) is 18.3. The molecule has 0 saturated heterocycles. The van der Waals surface area contributed by atoms with Crippen molar-refractivity contribution in [3.8, 4) is 0 Å². The van der Waals surface area contributed by atoms with Crippen molar-refractivity contribution in [2.75, 3.05) is 5.32 Å². The molecule has 2 N–H and O–H groups in total. The molecule has 1 aliphatic rings. The van der Waals surface area contributed by atoms with Crippen LogP contribution in [0.4, 0.5) is 5.82 Å². The summed E-state index contributed by atoms with van der Waals surface area (Å²) in [6, 6.07) is 7.66. The van der Waals surface area contributed by atoms with Crippen molar-refractivity contribution in [3.05, 3.63) is 63.8 Å². The molecule has 3 aromatic rings. The molecule has 6 nitrogen and oxygen atoms in total. The van der Waals surface area contributed by atoms with Crippen molar-refractivity contribution < 1.29 is 4.79 Å². The summed E-state index contributed by atoms with van der Waals surface area (Å²) in [5.41, 5.74) is 3.89. The third-order valence-electron chi connectivity index (χ3n) is 4.80. The van der Waals surface area contributed by atoms with Gasteiger partial charge in [0.05, 0.1) is 18.4 Å². The largest absolute Gasteiger partial charge is 0.346 e. The van der Waals surface area contributed by atoms with Gasteiger partial charge in [-0.3, -0.25) is 4.79 Å². The molecule has 0 aliphatic carbocycles. The summed E-state index contributed by atoms with van der Waals surface area (Å²) in [6.45, 7) is 4.56. The van der Waals surface area contributed by atoms with E-state index in [1.807, 2.05) is 37.4 Å². The molecular formula is C19H20ClN5O. The summed E-state index contributed by atoms with van der Waals surface area (Å²) in [6.07, 6.45) is 3.04. The lowest BCUT2D eigenvalue weighted by Gasteiger charge is -2.23. The second-order valence-electron chi connectivity index (χ2n) is 6.55. The lowest BCUT2D eigenvalue weighted by atomic mass is 9.90. The van der Waals surface area contributed by atoms with Crippen LogP contribution in [0.3, 0.4) is 0 Å². The number of carbonyl (C=O) groups excluding carboxylic acids is 1. The lowest BCUT2D eigenvalue weighted by Crippen LogP contribution is -2.25. The number of aryl methyl sites for hydroxylation is 2. The van der Waals surface area contributed by atoms with Gasteiger partial charge >= 0.3 is 0 Å².